The van der Waals surface area contributed by atoms with Crippen molar-refractivity contribution in [2.24, 2.45) is 0 Å². The second kappa shape index (κ2) is 9.10. The van der Waals surface area contributed by atoms with Crippen molar-refractivity contribution in [1.82, 2.24) is 29.7 Å². The van der Waals surface area contributed by atoms with Gasteiger partial charge in [0.2, 0.25) is 0 Å². The normalized spacial score (nSPS) is 19.5. The predicted octanol–water partition coefficient (Wildman–Crippen LogP) is 4.67. The molecule has 2 saturated heterocycles. The van der Waals surface area contributed by atoms with E-state index < -0.39 is 0 Å². The predicted molar refractivity (Wildman–Crippen MR) is 147 cm³/mol. The second-order valence-electron chi connectivity index (χ2n) is 9.99. The van der Waals surface area contributed by atoms with Crippen molar-refractivity contribution >= 4 is 17.0 Å². The lowest BCUT2D eigenvalue weighted by Gasteiger charge is -2.35. The molecule has 0 saturated carbocycles. The topological polar surface area (TPSA) is 84.9 Å². The Bertz CT molecular complexity index is 1540. The summed E-state index contributed by atoms with van der Waals surface area (Å²) in [5.41, 5.74) is 13.0. The first-order valence-corrected chi connectivity index (χ1v) is 13.0. The van der Waals surface area contributed by atoms with E-state index in [0.717, 1.165) is 59.1 Å². The number of rotatable bonds is 5. The number of pyridine rings is 2. The van der Waals surface area contributed by atoms with Gasteiger partial charge < -0.3 is 11.1 Å². The van der Waals surface area contributed by atoms with Gasteiger partial charge >= 0.3 is 0 Å². The quantitative estimate of drug-likeness (QED) is 0.375. The van der Waals surface area contributed by atoms with Gasteiger partial charge in [-0.3, -0.25) is 9.47 Å². The van der Waals surface area contributed by atoms with Crippen LogP contribution in [-0.4, -0.2) is 49.6 Å². The zero-order valence-electron chi connectivity index (χ0n) is 20.6. The van der Waals surface area contributed by atoms with Crippen molar-refractivity contribution in [1.29, 1.82) is 0 Å². The Morgan fingerprint density at radius 1 is 0.838 bits per heavy atom. The maximum atomic E-state index is 6.31. The van der Waals surface area contributed by atoms with Gasteiger partial charge in [-0.05, 0) is 54.8 Å². The molecule has 7 rings (SSSR count). The molecule has 2 aliphatic heterocycles. The van der Waals surface area contributed by atoms with Crippen molar-refractivity contribution in [3.63, 3.8) is 0 Å². The van der Waals surface area contributed by atoms with Gasteiger partial charge in [-0.15, -0.1) is 0 Å². The number of hydrogen-bond donors (Lipinski definition) is 2. The number of imidazole rings is 1. The van der Waals surface area contributed by atoms with Crippen LogP contribution in [0, 0.1) is 0 Å². The summed E-state index contributed by atoms with van der Waals surface area (Å²) in [5, 5.41) is 3.58. The van der Waals surface area contributed by atoms with Crippen LogP contribution in [0.1, 0.15) is 18.4 Å². The Morgan fingerprint density at radius 2 is 1.62 bits per heavy atom. The number of nitrogen functional groups attached to an aromatic ring is 1. The number of piperazine rings is 1. The minimum Gasteiger partial charge on any atom is -0.383 e. The minimum absolute atomic E-state index is 0.452. The molecule has 2 fully saturated rings. The fourth-order valence-corrected chi connectivity index (χ4v) is 5.85. The monoisotopic (exact) mass is 487 g/mol. The molecular weight excluding hydrogens is 458 g/mol. The number of aromatic nitrogens is 4. The van der Waals surface area contributed by atoms with Crippen molar-refractivity contribution in [3.8, 4) is 28.3 Å². The zero-order valence-corrected chi connectivity index (χ0v) is 20.6. The van der Waals surface area contributed by atoms with E-state index in [0.29, 0.717) is 17.9 Å². The standard InChI is InChI=1S/C30H29N7/c31-28-25(7-4-16-33-28)29-35-27-15-14-26(21-5-2-1-3-6-21)34-30(27)37(29)22-10-8-20(9-11-22)19-36-23-12-13-24(36)18-32-17-23/h1-11,14-16,23-24,32H,12-13,17-19H2,(H2,31,33). The first-order valence-electron chi connectivity index (χ1n) is 13.0. The summed E-state index contributed by atoms with van der Waals surface area (Å²) in [5.74, 6) is 1.19. The van der Waals surface area contributed by atoms with E-state index in [1.165, 1.54) is 18.4 Å². The van der Waals surface area contributed by atoms with Crippen LogP contribution in [0.25, 0.3) is 39.5 Å². The lowest BCUT2D eigenvalue weighted by atomic mass is 10.1. The van der Waals surface area contributed by atoms with Crippen LogP contribution in [0.15, 0.2) is 85.1 Å². The van der Waals surface area contributed by atoms with Gasteiger partial charge in [0.1, 0.15) is 11.3 Å². The largest absolute Gasteiger partial charge is 0.383 e. The van der Waals surface area contributed by atoms with E-state index in [1.807, 2.05) is 42.5 Å². The fourth-order valence-electron chi connectivity index (χ4n) is 5.85. The molecule has 3 aromatic heterocycles. The number of hydrogen-bond acceptors (Lipinski definition) is 6. The lowest BCUT2D eigenvalue weighted by Crippen LogP contribution is -2.51. The highest BCUT2D eigenvalue weighted by Gasteiger charge is 2.36. The van der Waals surface area contributed by atoms with Gasteiger partial charge in [0.05, 0.1) is 11.3 Å². The van der Waals surface area contributed by atoms with Crippen LogP contribution in [0.5, 0.6) is 0 Å². The Hall–Kier alpha value is -4.07. The third kappa shape index (κ3) is 3.97. The molecule has 0 spiro atoms. The van der Waals surface area contributed by atoms with E-state index in [4.69, 9.17) is 15.7 Å². The third-order valence-electron chi connectivity index (χ3n) is 7.74. The Kier molecular flexibility index (Phi) is 5.45. The van der Waals surface area contributed by atoms with Crippen LogP contribution in [0.2, 0.25) is 0 Å². The fraction of sp³-hybridized carbons (Fsp3) is 0.233. The summed E-state index contributed by atoms with van der Waals surface area (Å²) in [6.07, 6.45) is 4.29. The van der Waals surface area contributed by atoms with Gasteiger partial charge in [-0.1, -0.05) is 42.5 Å². The number of nitrogens with one attached hydrogen (secondary N) is 1. The number of anilines is 1. The first kappa shape index (κ1) is 22.2. The maximum Gasteiger partial charge on any atom is 0.165 e. The van der Waals surface area contributed by atoms with Crippen LogP contribution in [0.4, 0.5) is 5.82 Å². The van der Waals surface area contributed by atoms with E-state index in [9.17, 15) is 0 Å². The lowest BCUT2D eigenvalue weighted by molar-refractivity contribution is 0.145. The molecule has 2 aromatic carbocycles. The molecule has 0 aliphatic carbocycles. The Labute approximate surface area is 216 Å². The SMILES string of the molecule is Nc1ncccc1-c1nc2ccc(-c3ccccc3)nc2n1-c1ccc(CN2C3CCC2CNC3)cc1. The summed E-state index contributed by atoms with van der Waals surface area (Å²) in [4.78, 5) is 17.0. The Morgan fingerprint density at radius 3 is 2.38 bits per heavy atom. The molecule has 2 bridgehead atoms. The van der Waals surface area contributed by atoms with Crippen LogP contribution < -0.4 is 11.1 Å². The highest BCUT2D eigenvalue weighted by Crippen LogP contribution is 2.33. The summed E-state index contributed by atoms with van der Waals surface area (Å²) < 4.78 is 2.10. The summed E-state index contributed by atoms with van der Waals surface area (Å²) >= 11 is 0. The number of benzene rings is 2. The van der Waals surface area contributed by atoms with Crippen LogP contribution >= 0.6 is 0 Å². The average Bonchev–Trinajstić information content (AvgIpc) is 3.40. The third-order valence-corrected chi connectivity index (χ3v) is 7.74. The zero-order chi connectivity index (χ0) is 24.8. The number of nitrogens with zero attached hydrogens (tertiary/aromatic N) is 5. The van der Waals surface area contributed by atoms with Gasteiger partial charge in [-0.25, -0.2) is 15.0 Å². The van der Waals surface area contributed by atoms with Crippen molar-refractivity contribution < 1.29 is 0 Å². The van der Waals surface area contributed by atoms with E-state index >= 15 is 0 Å². The average molecular weight is 488 g/mol. The second-order valence-corrected chi connectivity index (χ2v) is 9.99. The molecule has 37 heavy (non-hydrogen) atoms. The molecule has 2 atom stereocenters. The Balaban J connectivity index is 1.32. The molecule has 5 aromatic rings. The molecular formula is C30H29N7. The number of fused-ring (bicyclic) bond motifs is 3. The van der Waals surface area contributed by atoms with Gasteiger partial charge in [0.15, 0.2) is 11.5 Å². The molecule has 5 heterocycles. The summed E-state index contributed by atoms with van der Waals surface area (Å²) in [6, 6.07) is 28.3. The van der Waals surface area contributed by atoms with Gasteiger partial charge in [0, 0.05) is 49.2 Å². The highest BCUT2D eigenvalue weighted by molar-refractivity contribution is 5.84. The van der Waals surface area contributed by atoms with Gasteiger partial charge in [0.25, 0.3) is 0 Å². The van der Waals surface area contributed by atoms with Crippen molar-refractivity contribution in [2.45, 2.75) is 31.5 Å². The van der Waals surface area contributed by atoms with Crippen molar-refractivity contribution in [3.05, 3.63) is 90.6 Å². The van der Waals surface area contributed by atoms with Crippen LogP contribution in [0.3, 0.4) is 0 Å². The highest BCUT2D eigenvalue weighted by atomic mass is 15.3. The molecule has 0 radical (unpaired) electrons. The number of nitrogens with two attached hydrogens (primary N) is 1. The molecule has 184 valence electrons. The van der Waals surface area contributed by atoms with E-state index in [-0.39, 0.29) is 0 Å². The van der Waals surface area contributed by atoms with Crippen molar-refractivity contribution in [2.75, 3.05) is 18.8 Å². The van der Waals surface area contributed by atoms with E-state index in [1.54, 1.807) is 6.20 Å². The molecule has 3 N–H and O–H groups in total. The molecule has 7 nitrogen and oxygen atoms in total. The first-order chi connectivity index (χ1) is 18.2. The minimum atomic E-state index is 0.452. The van der Waals surface area contributed by atoms with Crippen LogP contribution in [-0.2, 0) is 6.54 Å². The molecule has 0 amide bonds. The summed E-state index contributed by atoms with van der Waals surface area (Å²) in [6.45, 7) is 3.18. The molecule has 7 heteroatoms. The van der Waals surface area contributed by atoms with Gasteiger partial charge in [-0.2, -0.15) is 0 Å². The maximum absolute atomic E-state index is 6.31. The smallest absolute Gasteiger partial charge is 0.165 e. The molecule has 2 unspecified atom stereocenters. The summed E-state index contributed by atoms with van der Waals surface area (Å²) in [7, 11) is 0. The van der Waals surface area contributed by atoms with E-state index in [2.05, 4.69) is 56.2 Å². The molecule has 2 aliphatic rings.